The Balaban J connectivity index is 0.000000175. The van der Waals surface area contributed by atoms with E-state index in [0.29, 0.717) is 11.1 Å². The van der Waals surface area contributed by atoms with Gasteiger partial charge in [0.2, 0.25) is 0 Å². The van der Waals surface area contributed by atoms with E-state index in [2.05, 4.69) is 4.74 Å². The third-order valence-corrected chi connectivity index (χ3v) is 6.62. The molecule has 0 amide bonds. The zero-order valence-corrected chi connectivity index (χ0v) is 21.5. The Morgan fingerprint density at radius 3 is 1.16 bits per heavy atom. The molecule has 0 atom stereocenters. The van der Waals surface area contributed by atoms with Crippen molar-refractivity contribution in [1.82, 2.24) is 0 Å². The highest BCUT2D eigenvalue weighted by atomic mass is 16.6. The summed E-state index contributed by atoms with van der Waals surface area (Å²) in [6.07, 6.45) is 0. The molecule has 0 spiro atoms. The van der Waals surface area contributed by atoms with Gasteiger partial charge in [-0.1, -0.05) is 24.3 Å². The van der Waals surface area contributed by atoms with Gasteiger partial charge in [-0.2, -0.15) is 0 Å². The van der Waals surface area contributed by atoms with E-state index in [1.165, 1.54) is 14.2 Å². The van der Waals surface area contributed by atoms with Crippen LogP contribution < -0.4 is 0 Å². The smallest absolute Gasteiger partial charge is 0.346 e. The number of methoxy groups -OCH3 is 2. The third-order valence-electron chi connectivity index (χ3n) is 6.62. The topological polar surface area (TPSA) is 96.0 Å². The minimum absolute atomic E-state index is 0.223. The lowest BCUT2D eigenvalue weighted by molar-refractivity contribution is 0.0442. The number of rotatable bonds is 2. The van der Waals surface area contributed by atoms with Crippen LogP contribution in [0.3, 0.4) is 0 Å². The van der Waals surface area contributed by atoms with E-state index >= 15 is 0 Å². The molecule has 0 saturated heterocycles. The lowest BCUT2D eigenvalue weighted by Gasteiger charge is -2.11. The molecule has 5 rings (SSSR count). The predicted molar refractivity (Wildman–Crippen MR) is 139 cm³/mol. The molecule has 1 heterocycles. The van der Waals surface area contributed by atoms with Crippen LogP contribution in [-0.4, -0.2) is 38.1 Å². The molecule has 7 nitrogen and oxygen atoms in total. The number of hydrogen-bond donors (Lipinski definition) is 0. The second-order valence-corrected chi connectivity index (χ2v) is 8.95. The molecular weight excluding hydrogens is 472 g/mol. The fourth-order valence-electron chi connectivity index (χ4n) is 4.45. The van der Waals surface area contributed by atoms with Crippen LogP contribution >= 0.6 is 0 Å². The van der Waals surface area contributed by atoms with Crippen LogP contribution in [0.2, 0.25) is 0 Å². The molecule has 4 aromatic carbocycles. The first-order valence-electron chi connectivity index (χ1n) is 11.6. The van der Waals surface area contributed by atoms with Crippen molar-refractivity contribution >= 4 is 45.4 Å². The van der Waals surface area contributed by atoms with Crippen LogP contribution in [0.15, 0.2) is 48.5 Å². The minimum atomic E-state index is -0.548. The summed E-state index contributed by atoms with van der Waals surface area (Å²) < 4.78 is 14.1. The average molecular weight is 499 g/mol. The van der Waals surface area contributed by atoms with Gasteiger partial charge in [-0.15, -0.1) is 0 Å². The van der Waals surface area contributed by atoms with E-state index in [9.17, 15) is 19.2 Å². The van der Waals surface area contributed by atoms with E-state index in [1.54, 1.807) is 24.3 Å². The van der Waals surface area contributed by atoms with Gasteiger partial charge >= 0.3 is 23.9 Å². The van der Waals surface area contributed by atoms with Crippen molar-refractivity contribution in [2.24, 2.45) is 0 Å². The molecule has 1 aliphatic heterocycles. The van der Waals surface area contributed by atoms with Gasteiger partial charge in [-0.3, -0.25) is 0 Å². The SMILES string of the molecule is COC(=O)c1cc2c(C)ccc(C)c2cc1C(=O)OC.Cc1ccc(C)c2cc3c(cc12)C(=O)OC3=O. The summed E-state index contributed by atoms with van der Waals surface area (Å²) in [7, 11) is 2.58. The molecule has 0 aromatic heterocycles. The maximum absolute atomic E-state index is 11.9. The molecule has 0 N–H and O–H groups in total. The van der Waals surface area contributed by atoms with Crippen molar-refractivity contribution in [3.8, 4) is 0 Å². The number of cyclic esters (lactones) is 2. The number of carbonyl (C=O) groups is 4. The van der Waals surface area contributed by atoms with E-state index < -0.39 is 23.9 Å². The van der Waals surface area contributed by atoms with Crippen LogP contribution in [-0.2, 0) is 14.2 Å². The first-order chi connectivity index (χ1) is 17.6. The normalized spacial score (nSPS) is 12.1. The standard InChI is InChI=1S/C16H16O4.C14H10O3/c1-9-5-6-10(2)12-8-14(16(18)20-4)13(7-11(9)12)15(17)19-3;1-7-3-4-8(2)10-6-12-11(5-9(7)10)13(15)17-14(12)16/h5-8H,1-4H3;3-6H,1-2H3. The number of esters is 4. The average Bonchev–Trinajstić information content (AvgIpc) is 3.18. The molecule has 0 saturated carbocycles. The van der Waals surface area contributed by atoms with Crippen molar-refractivity contribution in [1.29, 1.82) is 0 Å². The fraction of sp³-hybridized carbons (Fsp3) is 0.200. The third kappa shape index (κ3) is 4.56. The van der Waals surface area contributed by atoms with Gasteiger partial charge in [0.15, 0.2) is 0 Å². The summed E-state index contributed by atoms with van der Waals surface area (Å²) in [5.41, 5.74) is 5.42. The summed E-state index contributed by atoms with van der Waals surface area (Å²) in [6, 6.07) is 14.9. The number of fused-ring (bicyclic) bond motifs is 3. The fourth-order valence-corrected chi connectivity index (χ4v) is 4.45. The van der Waals surface area contributed by atoms with Crippen molar-refractivity contribution in [3.63, 3.8) is 0 Å². The molecule has 0 radical (unpaired) electrons. The molecule has 0 bridgehead atoms. The molecule has 7 heteroatoms. The van der Waals surface area contributed by atoms with Crippen molar-refractivity contribution in [2.75, 3.05) is 14.2 Å². The first-order valence-corrected chi connectivity index (χ1v) is 11.6. The van der Waals surface area contributed by atoms with E-state index in [4.69, 9.17) is 9.47 Å². The highest BCUT2D eigenvalue weighted by Crippen LogP contribution is 2.30. The Morgan fingerprint density at radius 1 is 0.568 bits per heavy atom. The largest absolute Gasteiger partial charge is 0.465 e. The molecule has 4 aromatic rings. The summed E-state index contributed by atoms with van der Waals surface area (Å²) in [5.74, 6) is -2.19. The second-order valence-electron chi connectivity index (χ2n) is 8.95. The molecule has 1 aliphatic rings. The van der Waals surface area contributed by atoms with Gasteiger partial charge in [0.25, 0.3) is 0 Å². The van der Waals surface area contributed by atoms with Gasteiger partial charge in [-0.05, 0) is 95.8 Å². The van der Waals surface area contributed by atoms with E-state index in [0.717, 1.165) is 43.8 Å². The van der Waals surface area contributed by atoms with Gasteiger partial charge < -0.3 is 14.2 Å². The van der Waals surface area contributed by atoms with Crippen molar-refractivity contribution in [2.45, 2.75) is 27.7 Å². The summed E-state index contributed by atoms with van der Waals surface area (Å²) in [6.45, 7) is 7.88. The number of aryl methyl sites for hydroxylation is 4. The van der Waals surface area contributed by atoms with Crippen molar-refractivity contribution in [3.05, 3.63) is 93.0 Å². The van der Waals surface area contributed by atoms with Crippen LogP contribution in [0, 0.1) is 27.7 Å². The van der Waals surface area contributed by atoms with E-state index in [-0.39, 0.29) is 11.1 Å². The predicted octanol–water partition coefficient (Wildman–Crippen LogP) is 5.80. The monoisotopic (exact) mass is 498 g/mol. The van der Waals surface area contributed by atoms with Gasteiger partial charge in [0, 0.05) is 0 Å². The lowest BCUT2D eigenvalue weighted by atomic mass is 9.95. The van der Waals surface area contributed by atoms with Gasteiger partial charge in [0.1, 0.15) is 0 Å². The van der Waals surface area contributed by atoms with E-state index in [1.807, 2.05) is 52.0 Å². The summed E-state index contributed by atoms with van der Waals surface area (Å²) in [4.78, 5) is 46.7. The molecule has 37 heavy (non-hydrogen) atoms. The molecule has 0 fully saturated rings. The number of carbonyl (C=O) groups excluding carboxylic acids is 4. The minimum Gasteiger partial charge on any atom is -0.465 e. The molecule has 0 aliphatic carbocycles. The highest BCUT2D eigenvalue weighted by molar-refractivity contribution is 6.17. The Labute approximate surface area is 213 Å². The number of benzene rings is 4. The zero-order chi connectivity index (χ0) is 27.0. The molecule has 0 unspecified atom stereocenters. The Kier molecular flexibility index (Phi) is 6.81. The zero-order valence-electron chi connectivity index (χ0n) is 21.5. The maximum atomic E-state index is 11.9. The highest BCUT2D eigenvalue weighted by Gasteiger charge is 2.30. The van der Waals surface area contributed by atoms with Crippen molar-refractivity contribution < 1.29 is 33.4 Å². The lowest BCUT2D eigenvalue weighted by Crippen LogP contribution is -2.12. The van der Waals surface area contributed by atoms with Crippen LogP contribution in [0.1, 0.15) is 63.7 Å². The van der Waals surface area contributed by atoms with Crippen LogP contribution in [0.25, 0.3) is 21.5 Å². The summed E-state index contributed by atoms with van der Waals surface area (Å²) >= 11 is 0. The maximum Gasteiger partial charge on any atom is 0.346 e. The quantitative estimate of drug-likeness (QED) is 0.196. The second kappa shape index (κ2) is 9.85. The first kappa shape index (κ1) is 25.6. The van der Waals surface area contributed by atoms with Gasteiger partial charge in [-0.25, -0.2) is 19.2 Å². The van der Waals surface area contributed by atoms with Gasteiger partial charge in [0.05, 0.1) is 36.5 Å². The number of hydrogen-bond acceptors (Lipinski definition) is 7. The Morgan fingerprint density at radius 2 is 0.865 bits per heavy atom. The molecular formula is C30H26O7. The van der Waals surface area contributed by atoms with Crippen LogP contribution in [0.4, 0.5) is 0 Å². The Bertz CT molecular complexity index is 1510. The van der Waals surface area contributed by atoms with Crippen LogP contribution in [0.5, 0.6) is 0 Å². The number of ether oxygens (including phenoxy) is 3. The molecule has 188 valence electrons. The summed E-state index contributed by atoms with van der Waals surface area (Å²) in [5, 5.41) is 3.85. The Hall–Kier alpha value is -4.52.